The molecule has 0 saturated heterocycles. The number of ether oxygens (including phenoxy) is 1. The van der Waals surface area contributed by atoms with E-state index >= 15 is 0 Å². The lowest BCUT2D eigenvalue weighted by molar-refractivity contribution is -0.571. The molecule has 10 rings (SSSR count). The van der Waals surface area contributed by atoms with E-state index in [1.54, 1.807) is 57.7 Å². The van der Waals surface area contributed by atoms with Crippen LogP contribution in [-0.4, -0.2) is 19.1 Å². The van der Waals surface area contributed by atoms with Gasteiger partial charge in [-0.2, -0.15) is 0 Å². The average molecular weight is 787 g/mol. The maximum atomic E-state index is 9.01. The summed E-state index contributed by atoms with van der Waals surface area (Å²) in [5.41, 5.74) is 5.35. The van der Waals surface area contributed by atoms with Crippen molar-refractivity contribution in [1.82, 2.24) is 19.1 Å². The molecule has 7 nitrogen and oxygen atoms in total. The van der Waals surface area contributed by atoms with E-state index in [1.807, 2.05) is 61.8 Å². The zero-order valence-corrected chi connectivity index (χ0v) is 33.0. The zero-order valence-electron chi connectivity index (χ0n) is 43.0. The van der Waals surface area contributed by atoms with Gasteiger partial charge >= 0.3 is 0 Å². The molecule has 0 fully saturated rings. The summed E-state index contributed by atoms with van der Waals surface area (Å²) < 4.78 is 99.0. The van der Waals surface area contributed by atoms with Gasteiger partial charge in [-0.3, -0.25) is 18.7 Å². The fraction of sp³-hybridized carbons (Fsp3) is 0.0943. The van der Waals surface area contributed by atoms with E-state index in [0.29, 0.717) is 28.2 Å². The van der Waals surface area contributed by atoms with Gasteiger partial charge in [-0.1, -0.05) is 124 Å². The summed E-state index contributed by atoms with van der Waals surface area (Å²) in [4.78, 5) is 13.2. The zero-order chi connectivity index (χ0) is 49.7. The summed E-state index contributed by atoms with van der Waals surface area (Å²) in [7, 11) is 0. The Balaban J connectivity index is 1.18. The first-order valence-electron chi connectivity index (χ1n) is 24.2. The number of benzene rings is 6. The van der Waals surface area contributed by atoms with E-state index in [4.69, 9.17) is 30.0 Å². The Morgan fingerprint density at radius 2 is 1.43 bits per heavy atom. The molecular formula is C53H40N6O. The second-order valence-corrected chi connectivity index (χ2v) is 15.4. The molecule has 10 aromatic rings. The van der Waals surface area contributed by atoms with Crippen LogP contribution >= 0.6 is 0 Å². The third-order valence-corrected chi connectivity index (χ3v) is 10.5. The number of rotatable bonds is 7. The normalized spacial score (nSPS) is 14.0. The van der Waals surface area contributed by atoms with Crippen molar-refractivity contribution in [2.24, 2.45) is 0 Å². The van der Waals surface area contributed by atoms with Crippen molar-refractivity contribution in [1.29, 1.82) is 0 Å². The molecule has 0 amide bonds. The molecule has 0 bridgehead atoms. The van der Waals surface area contributed by atoms with Crippen LogP contribution in [0.5, 0.6) is 11.5 Å². The Morgan fingerprint density at radius 1 is 0.717 bits per heavy atom. The van der Waals surface area contributed by atoms with Gasteiger partial charge in [0.15, 0.2) is 5.69 Å². The van der Waals surface area contributed by atoms with E-state index in [0.717, 1.165) is 38.9 Å². The molecular weight excluding hydrogens is 737 g/mol. The first kappa shape index (κ1) is 27.0. The average Bonchev–Trinajstić information content (AvgIpc) is 3.89. The molecule has 6 aromatic carbocycles. The monoisotopic (exact) mass is 786 g/mol. The van der Waals surface area contributed by atoms with Gasteiger partial charge < -0.3 is 4.74 Å². The quantitative estimate of drug-likeness (QED) is 0.119. The number of para-hydroxylation sites is 3. The summed E-state index contributed by atoms with van der Waals surface area (Å²) in [6.07, 6.45) is 7.06. The molecule has 0 aliphatic rings. The Labute approximate surface area is 362 Å². The van der Waals surface area contributed by atoms with Gasteiger partial charge in [0.25, 0.3) is 6.33 Å². The highest BCUT2D eigenvalue weighted by molar-refractivity contribution is 6.09. The maximum Gasteiger partial charge on any atom is 0.269 e. The van der Waals surface area contributed by atoms with Gasteiger partial charge in [-0.05, 0) is 88.7 Å². The molecule has 288 valence electrons. The minimum Gasteiger partial charge on any atom is -0.459 e. The van der Waals surface area contributed by atoms with Crippen molar-refractivity contribution in [2.75, 3.05) is 0 Å². The molecule has 0 spiro atoms. The van der Waals surface area contributed by atoms with Crippen molar-refractivity contribution in [3.05, 3.63) is 199 Å². The third kappa shape index (κ3) is 6.45. The summed E-state index contributed by atoms with van der Waals surface area (Å²) in [6.45, 7) is 16.6. The van der Waals surface area contributed by atoms with Crippen LogP contribution in [0.3, 0.4) is 0 Å². The Hall–Kier alpha value is -7.82. The Morgan fingerprint density at radius 3 is 2.15 bits per heavy atom. The highest BCUT2D eigenvalue weighted by Gasteiger charge is 2.22. The van der Waals surface area contributed by atoms with Crippen LogP contribution in [0.4, 0.5) is 5.69 Å². The predicted octanol–water partition coefficient (Wildman–Crippen LogP) is 12.9. The number of nitrogens with zero attached hydrogens (tertiary/aromatic N) is 6. The first-order valence-corrected chi connectivity index (χ1v) is 19.2. The van der Waals surface area contributed by atoms with Crippen LogP contribution in [0, 0.1) is 19.8 Å². The van der Waals surface area contributed by atoms with Crippen molar-refractivity contribution in [3.63, 3.8) is 0 Å². The standard InChI is InChI=1S/C53H40N6O/c1-35-27-49-46(33-56-35)45-24-23-41(32-50(45)59(49)51-28-38(25-26-55-51)53(2,3)4)60-42-30-39(54-5)29-40(31-42)57-34-58(48-22-13-12-21-47(48)57)52-43(36-15-8-6-9-16-36)19-14-20-44(52)37-17-10-7-11-18-37/h6-33H,1-4H3/i6D,7D,8D,9D,10D,11D,15D,16D,17D,18D. The fourth-order valence-corrected chi connectivity index (χ4v) is 7.64. The molecule has 0 unspecified atom stereocenters. The van der Waals surface area contributed by atoms with E-state index in [-0.39, 0.29) is 39.0 Å². The SMILES string of the molecule is [2H]c1c([2H])c([2H])c(-c2cccc(-c3c([2H])c([2H])c([2H])c([2H])c3[2H])c2-[n+]2[c-]n(-c3cc([N+]#[C-])cc(Oc4ccc5c6cnc(C)cc6n(-c6cc(C(C)(C)C)ccn6)c5c4)c3)c3ccccc32)c([2H])c1[2H]. The van der Waals surface area contributed by atoms with Crippen LogP contribution in [0.1, 0.15) is 45.7 Å². The summed E-state index contributed by atoms with van der Waals surface area (Å²) in [6, 6.07) is 23.3. The van der Waals surface area contributed by atoms with Crippen LogP contribution in [0.2, 0.25) is 0 Å². The third-order valence-electron chi connectivity index (χ3n) is 10.5. The first-order chi connectivity index (χ1) is 33.4. The van der Waals surface area contributed by atoms with E-state index in [2.05, 4.69) is 47.6 Å². The Kier molecular flexibility index (Phi) is 6.53. The molecule has 0 saturated carbocycles. The minimum atomic E-state index is -0.590. The number of hydrogen-bond acceptors (Lipinski definition) is 3. The molecule has 0 radical (unpaired) electrons. The number of pyridine rings is 2. The van der Waals surface area contributed by atoms with E-state index in [1.165, 1.54) is 0 Å². The second-order valence-electron chi connectivity index (χ2n) is 15.4. The smallest absolute Gasteiger partial charge is 0.269 e. The van der Waals surface area contributed by atoms with Crippen molar-refractivity contribution in [3.8, 4) is 50.9 Å². The highest BCUT2D eigenvalue weighted by Crippen LogP contribution is 2.38. The molecule has 7 heteroatoms. The van der Waals surface area contributed by atoms with Crippen molar-refractivity contribution >= 4 is 38.5 Å². The second kappa shape index (κ2) is 14.5. The fourth-order valence-electron chi connectivity index (χ4n) is 7.64. The van der Waals surface area contributed by atoms with E-state index < -0.39 is 60.4 Å². The van der Waals surface area contributed by atoms with Crippen LogP contribution in [0.25, 0.3) is 77.1 Å². The topological polar surface area (TPSA) is 53.1 Å². The lowest BCUT2D eigenvalue weighted by atomic mass is 9.88. The van der Waals surface area contributed by atoms with Gasteiger partial charge in [0.1, 0.15) is 17.3 Å². The number of fused-ring (bicyclic) bond motifs is 4. The van der Waals surface area contributed by atoms with Gasteiger partial charge in [-0.15, -0.1) is 0 Å². The molecule has 0 aliphatic carbocycles. The highest BCUT2D eigenvalue weighted by atomic mass is 16.5. The number of aromatic nitrogens is 5. The van der Waals surface area contributed by atoms with Crippen LogP contribution < -0.4 is 9.30 Å². The van der Waals surface area contributed by atoms with E-state index in [9.17, 15) is 0 Å². The van der Waals surface area contributed by atoms with Crippen molar-refractivity contribution < 1.29 is 23.0 Å². The van der Waals surface area contributed by atoms with Gasteiger partial charge in [-0.25, -0.2) is 9.83 Å². The van der Waals surface area contributed by atoms with Gasteiger partial charge in [0.2, 0.25) is 0 Å². The summed E-state index contributed by atoms with van der Waals surface area (Å²) in [5.74, 6) is 1.54. The molecule has 4 aromatic heterocycles. The summed E-state index contributed by atoms with van der Waals surface area (Å²) >= 11 is 0. The lowest BCUT2D eigenvalue weighted by Crippen LogP contribution is -2.31. The molecule has 60 heavy (non-hydrogen) atoms. The number of aryl methyl sites for hydroxylation is 1. The Bertz CT molecular complexity index is 3760. The van der Waals surface area contributed by atoms with Crippen molar-refractivity contribution in [2.45, 2.75) is 33.1 Å². The van der Waals surface area contributed by atoms with Crippen LogP contribution in [-0.2, 0) is 5.41 Å². The molecule has 0 atom stereocenters. The summed E-state index contributed by atoms with van der Waals surface area (Å²) in [5, 5.41) is 1.89. The molecule has 0 aliphatic heterocycles. The van der Waals surface area contributed by atoms with Crippen LogP contribution in [0.15, 0.2) is 170 Å². The largest absolute Gasteiger partial charge is 0.459 e. The van der Waals surface area contributed by atoms with Gasteiger partial charge in [0, 0.05) is 34.9 Å². The number of imidazole rings is 1. The molecule has 0 N–H and O–H groups in total. The lowest BCUT2D eigenvalue weighted by Gasteiger charge is -2.20. The number of hydrogen-bond donors (Lipinski definition) is 0. The van der Waals surface area contributed by atoms with Gasteiger partial charge in [0.05, 0.1) is 53.7 Å². The molecule has 4 heterocycles. The maximum absolute atomic E-state index is 9.01. The predicted molar refractivity (Wildman–Crippen MR) is 241 cm³/mol. The minimum absolute atomic E-state index is 0.114.